The topological polar surface area (TPSA) is 103 Å². The van der Waals surface area contributed by atoms with E-state index in [0.717, 1.165) is 39.7 Å². The monoisotopic (exact) mass is 353 g/mol. The van der Waals surface area contributed by atoms with Gasteiger partial charge in [-0.2, -0.15) is 5.10 Å². The van der Waals surface area contributed by atoms with Gasteiger partial charge in [0.15, 0.2) is 0 Å². The van der Waals surface area contributed by atoms with Gasteiger partial charge in [-0.1, -0.05) is 35.0 Å². The smallest absolute Gasteiger partial charge is 0.211 e. The number of fused-ring (bicyclic) bond motifs is 1. The molecular formula is C15H17Cl2N5O. The molecule has 0 aliphatic heterocycles. The number of hydrogen-bond donors (Lipinski definition) is 2. The minimum atomic E-state index is -0.0805. The molecule has 0 radical (unpaired) electrons. The predicted octanol–water partition coefficient (Wildman–Crippen LogP) is 2.77. The predicted molar refractivity (Wildman–Crippen MR) is 93.3 cm³/mol. The zero-order valence-corrected chi connectivity index (χ0v) is 14.1. The van der Waals surface area contributed by atoms with E-state index in [1.165, 1.54) is 0 Å². The highest BCUT2D eigenvalue weighted by atomic mass is 35.5. The Morgan fingerprint density at radius 3 is 2.74 bits per heavy atom. The summed E-state index contributed by atoms with van der Waals surface area (Å²) in [5.74, 6) is 0.804. The number of aryl methyl sites for hydroxylation is 1. The Labute approximate surface area is 145 Å². The van der Waals surface area contributed by atoms with Crippen LogP contribution in [0.4, 0.5) is 0 Å². The maximum absolute atomic E-state index is 6.31. The lowest BCUT2D eigenvalue weighted by Gasteiger charge is -2.23. The number of hydrogen-bond acceptors (Lipinski definition) is 4. The number of nitrogens with zero attached hydrogens (tertiary/aromatic N) is 3. The van der Waals surface area contributed by atoms with Gasteiger partial charge in [-0.3, -0.25) is 0 Å². The van der Waals surface area contributed by atoms with E-state index in [4.69, 9.17) is 27.6 Å². The van der Waals surface area contributed by atoms with Crippen LogP contribution in [0.5, 0.6) is 0 Å². The highest BCUT2D eigenvalue weighted by molar-refractivity contribution is 6.31. The van der Waals surface area contributed by atoms with E-state index in [-0.39, 0.29) is 24.3 Å². The lowest BCUT2D eigenvalue weighted by molar-refractivity contribution is 0.389. The molecule has 1 aromatic heterocycles. The maximum Gasteiger partial charge on any atom is 0.211 e. The van der Waals surface area contributed by atoms with Crippen molar-refractivity contribution < 1.29 is 4.52 Å². The molecule has 1 heterocycles. The Morgan fingerprint density at radius 2 is 2.04 bits per heavy atom. The largest absolute Gasteiger partial charge is 0.369 e. The highest BCUT2D eigenvalue weighted by Crippen LogP contribution is 2.36. The fraction of sp³-hybridized carbons (Fsp3) is 0.267. The van der Waals surface area contributed by atoms with Crippen molar-refractivity contribution in [1.82, 2.24) is 5.16 Å². The van der Waals surface area contributed by atoms with E-state index in [1.807, 2.05) is 31.2 Å². The third-order valence-corrected chi connectivity index (χ3v) is 4.08. The Morgan fingerprint density at radius 1 is 1.30 bits per heavy atom. The molecule has 6 nitrogen and oxygen atoms in total. The zero-order chi connectivity index (χ0) is 15.7. The molecule has 1 atom stereocenters. The normalized spacial score (nSPS) is 18.2. The quantitative estimate of drug-likeness (QED) is 0.492. The fourth-order valence-corrected chi connectivity index (χ4v) is 3.09. The van der Waals surface area contributed by atoms with Crippen LogP contribution in [0, 0.1) is 6.92 Å². The fourth-order valence-electron chi connectivity index (χ4n) is 2.80. The Bertz CT molecular complexity index is 765. The number of benzene rings is 1. The van der Waals surface area contributed by atoms with Crippen LogP contribution in [0.15, 0.2) is 39.0 Å². The van der Waals surface area contributed by atoms with Crippen molar-refractivity contribution in [2.45, 2.75) is 25.7 Å². The van der Waals surface area contributed by atoms with E-state index in [1.54, 1.807) is 0 Å². The second-order valence-corrected chi connectivity index (χ2v) is 5.67. The first-order valence-corrected chi connectivity index (χ1v) is 7.29. The second kappa shape index (κ2) is 7.02. The molecule has 1 aliphatic rings. The van der Waals surface area contributed by atoms with E-state index in [9.17, 15) is 0 Å². The van der Waals surface area contributed by atoms with Crippen LogP contribution < -0.4 is 11.5 Å². The first-order valence-electron chi connectivity index (χ1n) is 6.91. The summed E-state index contributed by atoms with van der Waals surface area (Å²) >= 11 is 6.31. The molecule has 122 valence electrons. The lowest BCUT2D eigenvalue weighted by atomic mass is 9.81. The van der Waals surface area contributed by atoms with E-state index < -0.39 is 0 Å². The van der Waals surface area contributed by atoms with Crippen molar-refractivity contribution >= 4 is 35.7 Å². The van der Waals surface area contributed by atoms with E-state index in [0.29, 0.717) is 6.42 Å². The molecule has 4 N–H and O–H groups in total. The summed E-state index contributed by atoms with van der Waals surface area (Å²) in [4.78, 5) is 0. The van der Waals surface area contributed by atoms with Gasteiger partial charge in [0, 0.05) is 11.4 Å². The van der Waals surface area contributed by atoms with Crippen molar-refractivity contribution in [3.8, 4) is 0 Å². The summed E-state index contributed by atoms with van der Waals surface area (Å²) in [6.07, 6.45) is 1.42. The summed E-state index contributed by atoms with van der Waals surface area (Å²) in [5.41, 5.74) is 14.3. The standard InChI is InChI=1S/C15H16ClN5O.ClH/c1-8-14-12(19-20-15(17)18)6-9(7-13(14)21-22-8)10-4-2-3-5-11(10)16;/h2-5,9H,6-7H2,1H3,(H4,17,18,20);1H/b19-12-;. The van der Waals surface area contributed by atoms with Crippen LogP contribution in [0.1, 0.15) is 34.9 Å². The minimum absolute atomic E-state index is 0. The Hall–Kier alpha value is -2.05. The zero-order valence-electron chi connectivity index (χ0n) is 12.5. The summed E-state index contributed by atoms with van der Waals surface area (Å²) in [6.45, 7) is 1.85. The molecule has 3 rings (SSSR count). The summed E-state index contributed by atoms with van der Waals surface area (Å²) in [6, 6.07) is 7.78. The number of rotatable bonds is 2. The van der Waals surface area contributed by atoms with Gasteiger partial charge in [0.05, 0.1) is 17.0 Å². The first kappa shape index (κ1) is 17.3. The minimum Gasteiger partial charge on any atom is -0.369 e. The Kier molecular flexibility index (Phi) is 5.28. The van der Waals surface area contributed by atoms with Gasteiger partial charge in [0.2, 0.25) is 5.96 Å². The molecular weight excluding hydrogens is 337 g/mol. The van der Waals surface area contributed by atoms with Gasteiger partial charge in [-0.15, -0.1) is 17.5 Å². The molecule has 1 aliphatic carbocycles. The van der Waals surface area contributed by atoms with Gasteiger partial charge in [0.25, 0.3) is 0 Å². The first-order chi connectivity index (χ1) is 10.6. The Balaban J connectivity index is 0.00000192. The van der Waals surface area contributed by atoms with Gasteiger partial charge >= 0.3 is 0 Å². The summed E-state index contributed by atoms with van der Waals surface area (Å²) in [5, 5.41) is 12.8. The van der Waals surface area contributed by atoms with E-state index in [2.05, 4.69) is 15.4 Å². The molecule has 0 saturated carbocycles. The maximum atomic E-state index is 6.31. The average Bonchev–Trinajstić information content (AvgIpc) is 2.87. The average molecular weight is 354 g/mol. The van der Waals surface area contributed by atoms with Crippen LogP contribution in [-0.4, -0.2) is 16.8 Å². The van der Waals surface area contributed by atoms with Crippen molar-refractivity contribution in [2.75, 3.05) is 0 Å². The number of guanidine groups is 1. The summed E-state index contributed by atoms with van der Waals surface area (Å²) < 4.78 is 5.29. The van der Waals surface area contributed by atoms with Gasteiger partial charge in [-0.25, -0.2) is 0 Å². The van der Waals surface area contributed by atoms with E-state index >= 15 is 0 Å². The molecule has 2 aromatic rings. The van der Waals surface area contributed by atoms with Crippen molar-refractivity contribution in [3.05, 3.63) is 51.9 Å². The molecule has 0 saturated heterocycles. The molecule has 0 bridgehead atoms. The molecule has 0 fully saturated rings. The lowest BCUT2D eigenvalue weighted by Crippen LogP contribution is -2.23. The molecule has 8 heteroatoms. The number of nitrogens with two attached hydrogens (primary N) is 2. The molecule has 0 amide bonds. The van der Waals surface area contributed by atoms with Gasteiger partial charge < -0.3 is 16.0 Å². The van der Waals surface area contributed by atoms with Crippen LogP contribution in [0.3, 0.4) is 0 Å². The van der Waals surface area contributed by atoms with Crippen LogP contribution in [-0.2, 0) is 6.42 Å². The van der Waals surface area contributed by atoms with Crippen LogP contribution >= 0.6 is 24.0 Å². The molecule has 0 spiro atoms. The second-order valence-electron chi connectivity index (χ2n) is 5.26. The molecule has 1 aromatic carbocycles. The van der Waals surface area contributed by atoms with Crippen molar-refractivity contribution in [3.63, 3.8) is 0 Å². The molecule has 1 unspecified atom stereocenters. The number of aromatic nitrogens is 1. The summed E-state index contributed by atoms with van der Waals surface area (Å²) in [7, 11) is 0. The van der Waals surface area contributed by atoms with Gasteiger partial charge in [-0.05, 0) is 30.9 Å². The van der Waals surface area contributed by atoms with Gasteiger partial charge in [0.1, 0.15) is 5.76 Å². The highest BCUT2D eigenvalue weighted by Gasteiger charge is 2.30. The number of halogens is 2. The SMILES string of the molecule is Cc1onc2c1/C(=N\N=C(N)N)CC(c1ccccc1Cl)C2.Cl. The third kappa shape index (κ3) is 3.48. The third-order valence-electron chi connectivity index (χ3n) is 3.73. The van der Waals surface area contributed by atoms with Crippen LogP contribution in [0.25, 0.3) is 0 Å². The van der Waals surface area contributed by atoms with Crippen molar-refractivity contribution in [2.24, 2.45) is 21.7 Å². The van der Waals surface area contributed by atoms with Crippen LogP contribution in [0.2, 0.25) is 5.02 Å². The van der Waals surface area contributed by atoms with Crippen molar-refractivity contribution in [1.29, 1.82) is 0 Å². The molecule has 23 heavy (non-hydrogen) atoms.